The largest absolute Gasteiger partial charge is 0.342 e. The highest BCUT2D eigenvalue weighted by atomic mass is 19.1. The molecular weight excluding hydrogens is 278 g/mol. The summed E-state index contributed by atoms with van der Waals surface area (Å²) in [6.07, 6.45) is 3.62. The number of anilines is 1. The van der Waals surface area contributed by atoms with Crippen molar-refractivity contribution in [3.05, 3.63) is 29.8 Å². The lowest BCUT2D eigenvalue weighted by atomic mass is 10.2. The SMILES string of the molecule is O=C(CC(=O)N1CCCCCC1)Nc1c(F)cccc1F. The van der Waals surface area contributed by atoms with Crippen molar-refractivity contribution in [2.24, 2.45) is 0 Å². The van der Waals surface area contributed by atoms with E-state index < -0.39 is 29.6 Å². The maximum Gasteiger partial charge on any atom is 0.233 e. The van der Waals surface area contributed by atoms with E-state index in [4.69, 9.17) is 0 Å². The van der Waals surface area contributed by atoms with Crippen LogP contribution in [0.2, 0.25) is 0 Å². The van der Waals surface area contributed by atoms with Crippen molar-refractivity contribution in [2.45, 2.75) is 32.1 Å². The summed E-state index contributed by atoms with van der Waals surface area (Å²) in [5, 5.41) is 2.13. The van der Waals surface area contributed by atoms with Gasteiger partial charge in [0.05, 0.1) is 0 Å². The standard InChI is InChI=1S/C15H18F2N2O2/c16-11-6-5-7-12(17)15(11)18-13(20)10-14(21)19-8-3-1-2-4-9-19/h5-7H,1-4,8-10H2,(H,18,20). The molecule has 0 bridgehead atoms. The van der Waals surface area contributed by atoms with Gasteiger partial charge in [-0.1, -0.05) is 18.9 Å². The summed E-state index contributed by atoms with van der Waals surface area (Å²) in [7, 11) is 0. The summed E-state index contributed by atoms with van der Waals surface area (Å²) < 4.78 is 26.8. The molecule has 0 radical (unpaired) electrons. The third-order valence-corrected chi connectivity index (χ3v) is 3.50. The molecule has 0 aromatic heterocycles. The minimum Gasteiger partial charge on any atom is -0.342 e. The van der Waals surface area contributed by atoms with Gasteiger partial charge in [-0.25, -0.2) is 8.78 Å². The number of nitrogens with zero attached hydrogens (tertiary/aromatic N) is 1. The van der Waals surface area contributed by atoms with Gasteiger partial charge in [0.1, 0.15) is 23.7 Å². The molecule has 1 N–H and O–H groups in total. The molecule has 1 aliphatic rings. The lowest BCUT2D eigenvalue weighted by molar-refractivity contribution is -0.134. The summed E-state index contributed by atoms with van der Waals surface area (Å²) in [5.74, 6) is -2.71. The van der Waals surface area contributed by atoms with Crippen molar-refractivity contribution in [1.29, 1.82) is 0 Å². The molecule has 0 unspecified atom stereocenters. The molecule has 6 heteroatoms. The maximum absolute atomic E-state index is 13.4. The van der Waals surface area contributed by atoms with Crippen molar-refractivity contribution in [3.63, 3.8) is 0 Å². The normalized spacial score (nSPS) is 15.4. The second kappa shape index (κ2) is 7.15. The Morgan fingerprint density at radius 3 is 2.19 bits per heavy atom. The second-order valence-corrected chi connectivity index (χ2v) is 5.12. The van der Waals surface area contributed by atoms with E-state index in [1.54, 1.807) is 4.90 Å². The third-order valence-electron chi connectivity index (χ3n) is 3.50. The number of benzene rings is 1. The number of rotatable bonds is 3. The summed E-state index contributed by atoms with van der Waals surface area (Å²) in [5.41, 5.74) is -0.508. The molecule has 2 rings (SSSR count). The van der Waals surface area contributed by atoms with E-state index in [-0.39, 0.29) is 5.91 Å². The van der Waals surface area contributed by atoms with Crippen LogP contribution in [0, 0.1) is 11.6 Å². The number of likely N-dealkylation sites (tertiary alicyclic amines) is 1. The molecule has 114 valence electrons. The maximum atomic E-state index is 13.4. The van der Waals surface area contributed by atoms with Gasteiger partial charge in [0.25, 0.3) is 0 Å². The molecule has 2 amide bonds. The number of para-hydroxylation sites is 1. The van der Waals surface area contributed by atoms with E-state index in [9.17, 15) is 18.4 Å². The fourth-order valence-electron chi connectivity index (χ4n) is 2.37. The fourth-order valence-corrected chi connectivity index (χ4v) is 2.37. The summed E-state index contributed by atoms with van der Waals surface area (Å²) in [6.45, 7) is 1.28. The van der Waals surface area contributed by atoms with Gasteiger partial charge < -0.3 is 10.2 Å². The highest BCUT2D eigenvalue weighted by Gasteiger charge is 2.20. The van der Waals surface area contributed by atoms with Crippen LogP contribution in [0.1, 0.15) is 32.1 Å². The highest BCUT2D eigenvalue weighted by Crippen LogP contribution is 2.18. The molecular formula is C15H18F2N2O2. The zero-order valence-corrected chi connectivity index (χ0v) is 11.7. The lowest BCUT2D eigenvalue weighted by Gasteiger charge is -2.20. The topological polar surface area (TPSA) is 49.4 Å². The predicted molar refractivity (Wildman–Crippen MR) is 74.7 cm³/mol. The summed E-state index contributed by atoms with van der Waals surface area (Å²) >= 11 is 0. The van der Waals surface area contributed by atoms with Gasteiger partial charge in [-0.05, 0) is 25.0 Å². The van der Waals surface area contributed by atoms with E-state index in [0.717, 1.165) is 37.8 Å². The van der Waals surface area contributed by atoms with Crippen LogP contribution in [0.15, 0.2) is 18.2 Å². The Kier molecular flexibility index (Phi) is 5.25. The molecule has 1 aliphatic heterocycles. The van der Waals surface area contributed by atoms with Crippen molar-refractivity contribution in [3.8, 4) is 0 Å². The van der Waals surface area contributed by atoms with Crippen LogP contribution in [0.3, 0.4) is 0 Å². The molecule has 1 heterocycles. The Labute approximate surface area is 122 Å². The molecule has 1 aromatic rings. The van der Waals surface area contributed by atoms with Crippen LogP contribution < -0.4 is 5.32 Å². The van der Waals surface area contributed by atoms with E-state index in [2.05, 4.69) is 5.32 Å². The van der Waals surface area contributed by atoms with Crippen LogP contribution in [-0.2, 0) is 9.59 Å². The Morgan fingerprint density at radius 1 is 1.05 bits per heavy atom. The fraction of sp³-hybridized carbons (Fsp3) is 0.467. The molecule has 21 heavy (non-hydrogen) atoms. The molecule has 1 saturated heterocycles. The third kappa shape index (κ3) is 4.24. The molecule has 0 atom stereocenters. The minimum absolute atomic E-state index is 0.300. The smallest absolute Gasteiger partial charge is 0.233 e. The zero-order chi connectivity index (χ0) is 15.2. The van der Waals surface area contributed by atoms with Crippen molar-refractivity contribution in [2.75, 3.05) is 18.4 Å². The van der Waals surface area contributed by atoms with Gasteiger partial charge in [0.15, 0.2) is 0 Å². The number of halogens is 2. The summed E-state index contributed by atoms with van der Waals surface area (Å²) in [4.78, 5) is 25.4. The first-order valence-corrected chi connectivity index (χ1v) is 7.09. The van der Waals surface area contributed by atoms with E-state index in [1.165, 1.54) is 6.07 Å². The van der Waals surface area contributed by atoms with Crippen LogP contribution in [0.25, 0.3) is 0 Å². The summed E-state index contributed by atoms with van der Waals surface area (Å²) in [6, 6.07) is 3.31. The number of hydrogen-bond acceptors (Lipinski definition) is 2. The Morgan fingerprint density at radius 2 is 1.62 bits per heavy atom. The first-order chi connectivity index (χ1) is 10.1. The van der Waals surface area contributed by atoms with Gasteiger partial charge in [0, 0.05) is 13.1 Å². The van der Waals surface area contributed by atoms with E-state index >= 15 is 0 Å². The van der Waals surface area contributed by atoms with E-state index in [0.29, 0.717) is 13.1 Å². The molecule has 0 aliphatic carbocycles. The van der Waals surface area contributed by atoms with Crippen molar-refractivity contribution < 1.29 is 18.4 Å². The van der Waals surface area contributed by atoms with Gasteiger partial charge in [-0.2, -0.15) is 0 Å². The first-order valence-electron chi connectivity index (χ1n) is 7.09. The minimum atomic E-state index is -0.856. The number of hydrogen-bond donors (Lipinski definition) is 1. The first kappa shape index (κ1) is 15.4. The van der Waals surface area contributed by atoms with Crippen LogP contribution in [0.5, 0.6) is 0 Å². The molecule has 0 saturated carbocycles. The highest BCUT2D eigenvalue weighted by molar-refractivity contribution is 6.03. The predicted octanol–water partition coefficient (Wildman–Crippen LogP) is 2.70. The van der Waals surface area contributed by atoms with Crippen molar-refractivity contribution >= 4 is 17.5 Å². The Balaban J connectivity index is 1.93. The number of carbonyl (C=O) groups is 2. The number of amides is 2. The van der Waals surface area contributed by atoms with Gasteiger partial charge in [0.2, 0.25) is 11.8 Å². The lowest BCUT2D eigenvalue weighted by Crippen LogP contribution is -2.34. The average molecular weight is 296 g/mol. The number of carbonyl (C=O) groups excluding carboxylic acids is 2. The quantitative estimate of drug-likeness (QED) is 0.872. The van der Waals surface area contributed by atoms with Crippen LogP contribution in [0.4, 0.5) is 14.5 Å². The molecule has 0 spiro atoms. The average Bonchev–Trinajstić information content (AvgIpc) is 2.72. The van der Waals surface area contributed by atoms with E-state index in [1.807, 2.05) is 0 Å². The zero-order valence-electron chi connectivity index (χ0n) is 11.7. The Bertz CT molecular complexity index is 506. The van der Waals surface area contributed by atoms with Gasteiger partial charge >= 0.3 is 0 Å². The van der Waals surface area contributed by atoms with Gasteiger partial charge in [-0.15, -0.1) is 0 Å². The van der Waals surface area contributed by atoms with Crippen LogP contribution in [-0.4, -0.2) is 29.8 Å². The van der Waals surface area contributed by atoms with Gasteiger partial charge in [-0.3, -0.25) is 9.59 Å². The Hall–Kier alpha value is -1.98. The van der Waals surface area contributed by atoms with Crippen molar-refractivity contribution in [1.82, 2.24) is 4.90 Å². The molecule has 4 nitrogen and oxygen atoms in total. The number of nitrogens with one attached hydrogen (secondary N) is 1. The molecule has 1 aromatic carbocycles. The molecule has 1 fully saturated rings. The second-order valence-electron chi connectivity index (χ2n) is 5.12. The van der Waals surface area contributed by atoms with Crippen LogP contribution >= 0.6 is 0 Å². The monoisotopic (exact) mass is 296 g/mol.